The number of nitrogens with one attached hydrogen (secondary N) is 1. The Balaban J connectivity index is 2.78. The molecule has 1 heterocycles. The molecule has 110 valence electrons. The summed E-state index contributed by atoms with van der Waals surface area (Å²) in [5.41, 5.74) is -0.0793. The van der Waals surface area contributed by atoms with Gasteiger partial charge in [0, 0.05) is 19.4 Å². The van der Waals surface area contributed by atoms with Crippen molar-refractivity contribution in [3.05, 3.63) is 0 Å². The lowest BCUT2D eigenvalue weighted by Crippen LogP contribution is -2.64. The van der Waals surface area contributed by atoms with Crippen LogP contribution in [0, 0.1) is 17.3 Å². The van der Waals surface area contributed by atoms with Crippen LogP contribution in [0.1, 0.15) is 27.7 Å². The molecule has 1 aliphatic heterocycles. The minimum atomic E-state index is -1.14. The first-order valence-corrected chi connectivity index (χ1v) is 9.50. The number of ether oxygens (including phenoxy) is 1. The molecule has 1 amide bonds. The van der Waals surface area contributed by atoms with Crippen LogP contribution in [0.15, 0.2) is 0 Å². The largest absolute Gasteiger partial charge is 0.441 e. The van der Waals surface area contributed by atoms with Gasteiger partial charge in [0.25, 0.3) is 0 Å². The minimum absolute atomic E-state index is 0.0421. The van der Waals surface area contributed by atoms with Gasteiger partial charge in [-0.15, -0.1) is 0 Å². The Bertz CT molecular complexity index is 351. The number of amides is 1. The van der Waals surface area contributed by atoms with E-state index in [1.54, 1.807) is 0 Å². The van der Waals surface area contributed by atoms with Crippen LogP contribution < -0.4 is 5.32 Å². The summed E-state index contributed by atoms with van der Waals surface area (Å²) in [7, 11) is -1.14. The molecule has 0 aromatic carbocycles. The number of hydrogen-bond donors (Lipinski definition) is 1. The minimum Gasteiger partial charge on any atom is -0.441 e. The molecule has 0 aromatic heterocycles. The molecule has 0 aliphatic carbocycles. The summed E-state index contributed by atoms with van der Waals surface area (Å²) in [6.07, 6.45) is -0.508. The molecule has 1 N–H and O–H groups in total. The van der Waals surface area contributed by atoms with E-state index in [1.165, 1.54) is 6.92 Å². The topological polar surface area (TPSA) is 64.6 Å². The molecule has 2 unspecified atom stereocenters. The molecule has 0 bridgehead atoms. The van der Waals surface area contributed by atoms with Gasteiger partial charge in [-0.3, -0.25) is 9.59 Å². The highest BCUT2D eigenvalue weighted by atomic mass is 28.3. The fourth-order valence-electron chi connectivity index (χ4n) is 2.23. The average molecular weight is 287 g/mol. The highest BCUT2D eigenvalue weighted by molar-refractivity contribution is 6.48. The van der Waals surface area contributed by atoms with Gasteiger partial charge in [0.1, 0.15) is 0 Å². The maximum atomic E-state index is 11.8. The van der Waals surface area contributed by atoms with E-state index in [-0.39, 0.29) is 29.1 Å². The summed E-state index contributed by atoms with van der Waals surface area (Å²) >= 11 is 0. The van der Waals surface area contributed by atoms with E-state index in [1.807, 2.05) is 0 Å². The molecular formula is C13H25NO4Si. The van der Waals surface area contributed by atoms with Crippen LogP contribution >= 0.6 is 0 Å². The van der Waals surface area contributed by atoms with Crippen molar-refractivity contribution >= 4 is 20.9 Å². The lowest BCUT2D eigenvalue weighted by atomic mass is 9.70. The Morgan fingerprint density at radius 1 is 1.42 bits per heavy atom. The van der Waals surface area contributed by atoms with Crippen molar-refractivity contribution in [3.63, 3.8) is 0 Å². The highest BCUT2D eigenvalue weighted by Crippen LogP contribution is 2.38. The molecule has 3 atom stereocenters. The molecule has 1 aliphatic rings. The Morgan fingerprint density at radius 3 is 2.37 bits per heavy atom. The van der Waals surface area contributed by atoms with Crippen molar-refractivity contribution in [1.29, 1.82) is 0 Å². The van der Waals surface area contributed by atoms with E-state index in [0.29, 0.717) is 6.61 Å². The second-order valence-corrected chi connectivity index (χ2v) is 8.85. The maximum Gasteiger partial charge on any atom is 0.304 e. The van der Waals surface area contributed by atoms with E-state index in [9.17, 15) is 9.59 Å². The van der Waals surface area contributed by atoms with Crippen molar-refractivity contribution in [1.82, 2.24) is 5.32 Å². The molecule has 0 saturated carbocycles. The molecule has 1 saturated heterocycles. The van der Waals surface area contributed by atoms with Gasteiger partial charge < -0.3 is 14.5 Å². The van der Waals surface area contributed by atoms with E-state index >= 15 is 0 Å². The lowest BCUT2D eigenvalue weighted by molar-refractivity contribution is -0.175. The summed E-state index contributed by atoms with van der Waals surface area (Å²) in [5, 5.41) is 2.64. The predicted molar refractivity (Wildman–Crippen MR) is 75.0 cm³/mol. The van der Waals surface area contributed by atoms with Crippen molar-refractivity contribution in [2.24, 2.45) is 17.3 Å². The predicted octanol–water partition coefficient (Wildman–Crippen LogP) is 1.28. The van der Waals surface area contributed by atoms with Gasteiger partial charge in [0.15, 0.2) is 15.3 Å². The van der Waals surface area contributed by atoms with Crippen LogP contribution in [0.4, 0.5) is 0 Å². The highest BCUT2D eigenvalue weighted by Gasteiger charge is 2.50. The molecule has 1 rings (SSSR count). The zero-order chi connectivity index (χ0) is 14.8. The second-order valence-electron chi connectivity index (χ2n) is 6.42. The third-order valence-corrected chi connectivity index (χ3v) is 4.22. The van der Waals surface area contributed by atoms with Crippen LogP contribution in [0.2, 0.25) is 13.1 Å². The van der Waals surface area contributed by atoms with Crippen molar-refractivity contribution < 1.29 is 18.8 Å². The van der Waals surface area contributed by atoms with Gasteiger partial charge in [0.05, 0.1) is 5.92 Å². The summed E-state index contributed by atoms with van der Waals surface area (Å²) in [4.78, 5) is 22.8. The fourth-order valence-corrected chi connectivity index (χ4v) is 2.82. The van der Waals surface area contributed by atoms with Gasteiger partial charge in [-0.2, -0.15) is 0 Å². The Morgan fingerprint density at radius 2 is 2.00 bits per heavy atom. The van der Waals surface area contributed by atoms with E-state index in [2.05, 4.69) is 39.2 Å². The van der Waals surface area contributed by atoms with Crippen LogP contribution in [-0.4, -0.2) is 33.8 Å². The number of esters is 1. The monoisotopic (exact) mass is 287 g/mol. The number of hydrogen-bond acceptors (Lipinski definition) is 4. The second kappa shape index (κ2) is 6.05. The molecule has 0 spiro atoms. The van der Waals surface area contributed by atoms with Gasteiger partial charge in [-0.05, 0) is 18.5 Å². The summed E-state index contributed by atoms with van der Waals surface area (Å²) in [6.45, 7) is 12.3. The van der Waals surface area contributed by atoms with Crippen molar-refractivity contribution in [3.8, 4) is 0 Å². The number of carbonyl (C=O) groups excluding carboxylic acids is 2. The summed E-state index contributed by atoms with van der Waals surface area (Å²) in [6, 6.07) is 0. The smallest absolute Gasteiger partial charge is 0.304 e. The molecule has 0 radical (unpaired) electrons. The van der Waals surface area contributed by atoms with E-state index in [4.69, 9.17) is 9.16 Å². The Hall–Kier alpha value is -0.883. The van der Waals surface area contributed by atoms with Crippen LogP contribution in [-0.2, 0) is 18.8 Å². The van der Waals surface area contributed by atoms with Crippen molar-refractivity contribution in [2.45, 2.75) is 47.0 Å². The Kier molecular flexibility index (Phi) is 5.15. The van der Waals surface area contributed by atoms with Crippen LogP contribution in [0.25, 0.3) is 0 Å². The first-order valence-electron chi connectivity index (χ1n) is 6.72. The van der Waals surface area contributed by atoms with Crippen molar-refractivity contribution in [2.75, 3.05) is 6.61 Å². The SMILES string of the molecule is CC(=O)OC1NC(=O)C1[C@@H](CO[SiH](C)C)C(C)(C)C. The normalized spacial score (nSPS) is 24.7. The average Bonchev–Trinajstić information content (AvgIpc) is 2.20. The molecule has 1 fully saturated rings. The summed E-state index contributed by atoms with van der Waals surface area (Å²) in [5.74, 6) is -0.695. The molecule has 19 heavy (non-hydrogen) atoms. The first-order chi connectivity index (χ1) is 8.62. The molecule has 5 nitrogen and oxygen atoms in total. The van der Waals surface area contributed by atoms with Gasteiger partial charge >= 0.3 is 5.97 Å². The fraction of sp³-hybridized carbons (Fsp3) is 0.846. The quantitative estimate of drug-likeness (QED) is 0.470. The van der Waals surface area contributed by atoms with Gasteiger partial charge in [0.2, 0.25) is 5.91 Å². The zero-order valence-corrected chi connectivity index (χ0v) is 13.8. The zero-order valence-electron chi connectivity index (χ0n) is 12.6. The maximum absolute atomic E-state index is 11.8. The summed E-state index contributed by atoms with van der Waals surface area (Å²) < 4.78 is 10.9. The first kappa shape index (κ1) is 16.2. The molecular weight excluding hydrogens is 262 g/mol. The number of rotatable bonds is 5. The van der Waals surface area contributed by atoms with E-state index < -0.39 is 15.3 Å². The number of carbonyl (C=O) groups is 2. The third kappa shape index (κ3) is 4.31. The third-order valence-electron chi connectivity index (χ3n) is 3.36. The number of β-lactam (4-membered cyclic amide) rings is 1. The standard InChI is InChI=1S/C13H25NO4Si/c1-8(15)18-12-10(11(16)14-12)9(13(2,3)4)7-17-19(5)6/h9-10,12,19H,7H2,1-6H3,(H,14,16)/t9-,10?,12?/m1/s1. The van der Waals surface area contributed by atoms with Gasteiger partial charge in [-0.25, -0.2) is 0 Å². The Labute approximate surface area is 116 Å². The van der Waals surface area contributed by atoms with Crippen LogP contribution in [0.3, 0.4) is 0 Å². The molecule has 6 heteroatoms. The molecule has 0 aromatic rings. The van der Waals surface area contributed by atoms with E-state index in [0.717, 1.165) is 0 Å². The van der Waals surface area contributed by atoms with Crippen LogP contribution in [0.5, 0.6) is 0 Å². The lowest BCUT2D eigenvalue weighted by Gasteiger charge is -2.45. The van der Waals surface area contributed by atoms with Gasteiger partial charge in [-0.1, -0.05) is 20.8 Å².